The van der Waals surface area contributed by atoms with Crippen LogP contribution < -0.4 is 0 Å². The minimum atomic E-state index is -0.155. The van der Waals surface area contributed by atoms with Crippen LogP contribution in [0.2, 0.25) is 0 Å². The molecule has 2 unspecified atom stereocenters. The summed E-state index contributed by atoms with van der Waals surface area (Å²) >= 11 is 1.77. The first-order chi connectivity index (χ1) is 6.61. The normalized spacial score (nSPS) is 15.8. The summed E-state index contributed by atoms with van der Waals surface area (Å²) in [6.07, 6.45) is 1.74. The lowest BCUT2D eigenvalue weighted by Crippen LogP contribution is -2.22. The van der Waals surface area contributed by atoms with Gasteiger partial charge in [0.2, 0.25) is 0 Å². The van der Waals surface area contributed by atoms with E-state index < -0.39 is 0 Å². The first-order valence-electron chi connectivity index (χ1n) is 5.31. The van der Waals surface area contributed by atoms with Crippen LogP contribution in [0.3, 0.4) is 0 Å². The quantitative estimate of drug-likeness (QED) is 0.793. The second-order valence-corrected chi connectivity index (χ2v) is 5.32. The largest absolute Gasteiger partial charge is 0.393 e. The summed E-state index contributed by atoms with van der Waals surface area (Å²) in [5.74, 6) is 0.961. The van der Waals surface area contributed by atoms with Gasteiger partial charge < -0.3 is 5.11 Å². The third-order valence-electron chi connectivity index (χ3n) is 2.93. The molecule has 1 aromatic heterocycles. The van der Waals surface area contributed by atoms with Crippen molar-refractivity contribution in [3.63, 3.8) is 0 Å². The topological polar surface area (TPSA) is 20.2 Å². The molecule has 0 fully saturated rings. The first-order valence-corrected chi connectivity index (χ1v) is 6.19. The maximum atomic E-state index is 9.89. The summed E-state index contributed by atoms with van der Waals surface area (Å²) in [6.45, 7) is 6.46. The van der Waals surface area contributed by atoms with Gasteiger partial charge in [-0.25, -0.2) is 0 Å². The number of thiophene rings is 1. The molecule has 0 saturated heterocycles. The lowest BCUT2D eigenvalue weighted by molar-refractivity contribution is 0.0844. The Morgan fingerprint density at radius 2 is 2.07 bits per heavy atom. The van der Waals surface area contributed by atoms with Crippen molar-refractivity contribution in [3.8, 4) is 0 Å². The summed E-state index contributed by atoms with van der Waals surface area (Å²) in [7, 11) is 0. The van der Waals surface area contributed by atoms with Crippen LogP contribution in [0.4, 0.5) is 0 Å². The van der Waals surface area contributed by atoms with Gasteiger partial charge in [-0.3, -0.25) is 0 Å². The van der Waals surface area contributed by atoms with Gasteiger partial charge in [0.15, 0.2) is 0 Å². The molecule has 0 aromatic carbocycles. The molecule has 1 N–H and O–H groups in total. The molecule has 0 radical (unpaired) electrons. The van der Waals surface area contributed by atoms with Crippen molar-refractivity contribution in [2.75, 3.05) is 0 Å². The maximum Gasteiger partial charge on any atom is 0.0571 e. The monoisotopic (exact) mass is 212 g/mol. The van der Waals surface area contributed by atoms with E-state index in [2.05, 4.69) is 38.3 Å². The molecular weight excluding hydrogens is 192 g/mol. The highest BCUT2D eigenvalue weighted by Crippen LogP contribution is 2.20. The van der Waals surface area contributed by atoms with Crippen LogP contribution in [-0.4, -0.2) is 11.2 Å². The standard InChI is InChI=1S/C12H20OS/c1-9(2)10(3)12(13)7-6-11-5-4-8-14-11/h4-5,8-10,12-13H,6-7H2,1-3H3. The average molecular weight is 212 g/mol. The fourth-order valence-corrected chi connectivity index (χ4v) is 2.18. The van der Waals surface area contributed by atoms with Gasteiger partial charge in [-0.15, -0.1) is 11.3 Å². The number of rotatable bonds is 5. The van der Waals surface area contributed by atoms with Gasteiger partial charge in [-0.1, -0.05) is 26.8 Å². The second kappa shape index (κ2) is 5.52. The van der Waals surface area contributed by atoms with Crippen LogP contribution in [0, 0.1) is 11.8 Å². The Hall–Kier alpha value is -0.340. The van der Waals surface area contributed by atoms with Crippen LogP contribution in [0.1, 0.15) is 32.1 Å². The highest BCUT2D eigenvalue weighted by atomic mass is 32.1. The Bertz CT molecular complexity index is 241. The Kier molecular flexibility index (Phi) is 4.63. The molecular formula is C12H20OS. The van der Waals surface area contributed by atoms with Gasteiger partial charge in [0, 0.05) is 4.88 Å². The van der Waals surface area contributed by atoms with Gasteiger partial charge in [-0.2, -0.15) is 0 Å². The zero-order chi connectivity index (χ0) is 10.6. The fraction of sp³-hybridized carbons (Fsp3) is 0.667. The smallest absolute Gasteiger partial charge is 0.0571 e. The van der Waals surface area contributed by atoms with Gasteiger partial charge in [0.1, 0.15) is 0 Å². The Labute approximate surface area is 90.8 Å². The molecule has 1 nitrogen and oxygen atoms in total. The fourth-order valence-electron chi connectivity index (χ4n) is 1.45. The van der Waals surface area contributed by atoms with Crippen LogP contribution in [0.15, 0.2) is 17.5 Å². The van der Waals surface area contributed by atoms with E-state index in [0.29, 0.717) is 11.8 Å². The SMILES string of the molecule is CC(C)C(C)C(O)CCc1cccs1. The van der Waals surface area contributed by atoms with Crippen molar-refractivity contribution in [1.29, 1.82) is 0 Å². The van der Waals surface area contributed by atoms with Crippen LogP contribution in [0.5, 0.6) is 0 Å². The van der Waals surface area contributed by atoms with E-state index in [1.54, 1.807) is 11.3 Å². The van der Waals surface area contributed by atoms with Gasteiger partial charge >= 0.3 is 0 Å². The molecule has 0 aliphatic rings. The maximum absolute atomic E-state index is 9.89. The highest BCUT2D eigenvalue weighted by molar-refractivity contribution is 7.09. The third kappa shape index (κ3) is 3.43. The Balaban J connectivity index is 2.31. The minimum absolute atomic E-state index is 0.155. The van der Waals surface area contributed by atoms with Crippen molar-refractivity contribution >= 4 is 11.3 Å². The zero-order valence-corrected chi connectivity index (χ0v) is 10.1. The molecule has 14 heavy (non-hydrogen) atoms. The zero-order valence-electron chi connectivity index (χ0n) is 9.23. The molecule has 80 valence electrons. The molecule has 0 spiro atoms. The van der Waals surface area contributed by atoms with E-state index in [-0.39, 0.29) is 6.10 Å². The number of aliphatic hydroxyl groups is 1. The molecule has 0 bridgehead atoms. The van der Waals surface area contributed by atoms with Crippen molar-refractivity contribution < 1.29 is 5.11 Å². The van der Waals surface area contributed by atoms with Crippen molar-refractivity contribution in [3.05, 3.63) is 22.4 Å². The van der Waals surface area contributed by atoms with E-state index in [9.17, 15) is 5.11 Å². The third-order valence-corrected chi connectivity index (χ3v) is 3.86. The molecule has 0 saturated carbocycles. The van der Waals surface area contributed by atoms with E-state index >= 15 is 0 Å². The lowest BCUT2D eigenvalue weighted by Gasteiger charge is -2.21. The van der Waals surface area contributed by atoms with Crippen LogP contribution in [0.25, 0.3) is 0 Å². The summed E-state index contributed by atoms with van der Waals surface area (Å²) in [5.41, 5.74) is 0. The van der Waals surface area contributed by atoms with Gasteiger partial charge in [0.25, 0.3) is 0 Å². The summed E-state index contributed by atoms with van der Waals surface area (Å²) in [4.78, 5) is 1.38. The average Bonchev–Trinajstić information content (AvgIpc) is 2.65. The van der Waals surface area contributed by atoms with Crippen molar-refractivity contribution in [2.24, 2.45) is 11.8 Å². The summed E-state index contributed by atoms with van der Waals surface area (Å²) in [6, 6.07) is 4.20. The predicted octanol–water partition coefficient (Wildman–Crippen LogP) is 3.33. The van der Waals surface area contributed by atoms with Gasteiger partial charge in [0.05, 0.1) is 6.10 Å². The highest BCUT2D eigenvalue weighted by Gasteiger charge is 2.17. The van der Waals surface area contributed by atoms with E-state index in [0.717, 1.165) is 12.8 Å². The molecule has 1 heterocycles. The molecule has 1 aromatic rings. The molecule has 0 amide bonds. The van der Waals surface area contributed by atoms with E-state index in [1.165, 1.54) is 4.88 Å². The van der Waals surface area contributed by atoms with Crippen molar-refractivity contribution in [2.45, 2.75) is 39.7 Å². The summed E-state index contributed by atoms with van der Waals surface area (Å²) < 4.78 is 0. The molecule has 0 aliphatic carbocycles. The summed E-state index contributed by atoms with van der Waals surface area (Å²) in [5, 5.41) is 12.0. The predicted molar refractivity (Wildman–Crippen MR) is 62.6 cm³/mol. The molecule has 2 atom stereocenters. The number of hydrogen-bond acceptors (Lipinski definition) is 2. The number of aryl methyl sites for hydroxylation is 1. The van der Waals surface area contributed by atoms with Crippen LogP contribution >= 0.6 is 11.3 Å². The minimum Gasteiger partial charge on any atom is -0.393 e. The Morgan fingerprint density at radius 3 is 2.57 bits per heavy atom. The van der Waals surface area contributed by atoms with E-state index in [4.69, 9.17) is 0 Å². The number of hydrogen-bond donors (Lipinski definition) is 1. The van der Waals surface area contributed by atoms with Gasteiger partial charge in [-0.05, 0) is 36.1 Å². The van der Waals surface area contributed by atoms with Crippen molar-refractivity contribution in [1.82, 2.24) is 0 Å². The van der Waals surface area contributed by atoms with Crippen LogP contribution in [-0.2, 0) is 6.42 Å². The lowest BCUT2D eigenvalue weighted by atomic mass is 9.90. The number of aliphatic hydroxyl groups excluding tert-OH is 1. The Morgan fingerprint density at radius 1 is 1.36 bits per heavy atom. The molecule has 0 aliphatic heterocycles. The first kappa shape index (κ1) is 11.7. The van der Waals surface area contributed by atoms with E-state index in [1.807, 2.05) is 0 Å². The molecule has 1 rings (SSSR count). The second-order valence-electron chi connectivity index (χ2n) is 4.29. The molecule has 2 heteroatoms.